The maximum Gasteiger partial charge on any atom is 0.246 e. The molecule has 2 fully saturated rings. The normalized spacial score (nSPS) is 16.8. The van der Waals surface area contributed by atoms with Crippen LogP contribution in [0.4, 0.5) is 14.6 Å². The summed E-state index contributed by atoms with van der Waals surface area (Å²) in [4.78, 5) is 29.2. The molecule has 2 saturated heterocycles. The van der Waals surface area contributed by atoms with Gasteiger partial charge in [0.2, 0.25) is 5.91 Å². The van der Waals surface area contributed by atoms with Crippen LogP contribution in [0.15, 0.2) is 55.5 Å². The number of amides is 1. The monoisotopic (exact) mass is 491 g/mol. The van der Waals surface area contributed by atoms with Crippen LogP contribution in [0.25, 0.3) is 32.9 Å². The van der Waals surface area contributed by atoms with Gasteiger partial charge < -0.3 is 9.80 Å². The van der Waals surface area contributed by atoms with Gasteiger partial charge in [-0.1, -0.05) is 42.4 Å². The minimum Gasteiger partial charge on any atom is -0.351 e. The zero-order valence-electron chi connectivity index (χ0n) is 18.6. The second-order valence-electron chi connectivity index (χ2n) is 9.02. The number of likely N-dealkylation sites (tertiary alicyclic amines) is 1. The molecule has 9 heteroatoms. The van der Waals surface area contributed by atoms with Crippen LogP contribution in [0.1, 0.15) is 12.8 Å². The van der Waals surface area contributed by atoms with Gasteiger partial charge in [-0.2, -0.15) is 0 Å². The lowest BCUT2D eigenvalue weighted by atomic mass is 9.86. The number of fused-ring (bicyclic) bond motifs is 2. The largest absolute Gasteiger partial charge is 0.351 e. The van der Waals surface area contributed by atoms with Crippen molar-refractivity contribution >= 4 is 45.0 Å². The van der Waals surface area contributed by atoms with Crippen molar-refractivity contribution in [2.24, 2.45) is 0 Å². The molecule has 1 spiro atoms. The van der Waals surface area contributed by atoms with Crippen molar-refractivity contribution < 1.29 is 13.6 Å². The number of carbonyl (C=O) groups excluding carboxylic acids is 1. The van der Waals surface area contributed by atoms with E-state index in [9.17, 15) is 9.18 Å². The Kier molecular flexibility index (Phi) is 4.96. The molecule has 0 N–H and O–H groups in total. The summed E-state index contributed by atoms with van der Waals surface area (Å²) in [5.41, 5.74) is 0.298. The van der Waals surface area contributed by atoms with E-state index in [4.69, 9.17) is 11.6 Å². The number of aromatic nitrogens is 3. The minimum atomic E-state index is -0.626. The highest BCUT2D eigenvalue weighted by molar-refractivity contribution is 6.36. The summed E-state index contributed by atoms with van der Waals surface area (Å²) in [6.45, 7) is 5.52. The molecule has 4 aromatic rings. The van der Waals surface area contributed by atoms with Gasteiger partial charge in [0.05, 0.1) is 15.9 Å². The number of pyridine rings is 1. The van der Waals surface area contributed by atoms with E-state index in [-0.39, 0.29) is 27.7 Å². The first-order valence-electron chi connectivity index (χ1n) is 11.3. The van der Waals surface area contributed by atoms with Gasteiger partial charge in [0.15, 0.2) is 5.82 Å². The Balaban J connectivity index is 1.41. The van der Waals surface area contributed by atoms with E-state index in [1.807, 2.05) is 9.80 Å². The summed E-state index contributed by atoms with van der Waals surface area (Å²) in [7, 11) is 0. The van der Waals surface area contributed by atoms with Gasteiger partial charge in [-0.3, -0.25) is 9.78 Å². The van der Waals surface area contributed by atoms with Crippen LogP contribution in [-0.2, 0) is 4.79 Å². The van der Waals surface area contributed by atoms with E-state index in [1.165, 1.54) is 18.5 Å². The first-order chi connectivity index (χ1) is 16.9. The quantitative estimate of drug-likeness (QED) is 0.371. The molecule has 2 aromatic carbocycles. The van der Waals surface area contributed by atoms with Gasteiger partial charge in [-0.05, 0) is 30.4 Å². The molecule has 0 aliphatic carbocycles. The minimum absolute atomic E-state index is 0.0406. The molecule has 6 nitrogen and oxygen atoms in total. The molecule has 176 valence electrons. The van der Waals surface area contributed by atoms with Crippen LogP contribution in [-0.4, -0.2) is 50.9 Å². The molecule has 0 unspecified atom stereocenters. The summed E-state index contributed by atoms with van der Waals surface area (Å²) in [5, 5.41) is 1.47. The third-order valence-corrected chi connectivity index (χ3v) is 7.47. The fourth-order valence-corrected chi connectivity index (χ4v) is 5.73. The highest BCUT2D eigenvalue weighted by atomic mass is 35.5. The number of halogens is 3. The first kappa shape index (κ1) is 21.9. The molecule has 0 bridgehead atoms. The lowest BCUT2D eigenvalue weighted by Gasteiger charge is -2.53. The maximum atomic E-state index is 15.8. The predicted octanol–water partition coefficient (Wildman–Crippen LogP) is 5.14. The average molecular weight is 492 g/mol. The van der Waals surface area contributed by atoms with Crippen molar-refractivity contribution in [3.05, 3.63) is 72.2 Å². The molecule has 2 aromatic heterocycles. The standard InChI is InChI=1S/C26H20ClF2N5O/c1-2-19(35)34-10-4-9-26(34)12-33(13-26)25-17-11-30-23(22(29)24(17)31-14-32-25)16-6-3-5-15-7-8-18(28)21(27)20(15)16/h2-3,5-8,11,14H,1,4,9-10,12-13H2. The van der Waals surface area contributed by atoms with Gasteiger partial charge in [0.1, 0.15) is 29.2 Å². The molecular formula is C26H20ClF2N5O. The fourth-order valence-electron chi connectivity index (χ4n) is 5.46. The average Bonchev–Trinajstić information content (AvgIpc) is 3.30. The molecule has 0 radical (unpaired) electrons. The summed E-state index contributed by atoms with van der Waals surface area (Å²) < 4.78 is 30.0. The highest BCUT2D eigenvalue weighted by Crippen LogP contribution is 2.42. The second kappa shape index (κ2) is 7.95. The number of benzene rings is 2. The van der Waals surface area contributed by atoms with Crippen molar-refractivity contribution in [3.8, 4) is 11.3 Å². The van der Waals surface area contributed by atoms with Gasteiger partial charge >= 0.3 is 0 Å². The molecule has 2 aliphatic heterocycles. The third-order valence-electron chi connectivity index (χ3n) is 7.10. The Bertz CT molecular complexity index is 1540. The molecule has 1 amide bonds. The summed E-state index contributed by atoms with van der Waals surface area (Å²) in [5.74, 6) is -0.714. The van der Waals surface area contributed by atoms with E-state index in [1.54, 1.807) is 30.5 Å². The van der Waals surface area contributed by atoms with Gasteiger partial charge in [0, 0.05) is 36.8 Å². The van der Waals surface area contributed by atoms with E-state index >= 15 is 4.39 Å². The fraction of sp³-hybridized carbons (Fsp3) is 0.231. The van der Waals surface area contributed by atoms with Crippen molar-refractivity contribution in [2.45, 2.75) is 18.4 Å². The van der Waals surface area contributed by atoms with Gasteiger partial charge in [0.25, 0.3) is 0 Å². The molecule has 0 atom stereocenters. The van der Waals surface area contributed by atoms with Crippen molar-refractivity contribution in [3.63, 3.8) is 0 Å². The van der Waals surface area contributed by atoms with Crippen LogP contribution in [0.2, 0.25) is 5.02 Å². The number of hydrogen-bond donors (Lipinski definition) is 0. The Morgan fingerprint density at radius 1 is 1.14 bits per heavy atom. The zero-order valence-corrected chi connectivity index (χ0v) is 19.4. The molecule has 2 aliphatic rings. The van der Waals surface area contributed by atoms with Crippen molar-refractivity contribution in [1.82, 2.24) is 19.9 Å². The van der Waals surface area contributed by atoms with Crippen LogP contribution in [0.3, 0.4) is 0 Å². The molecule has 4 heterocycles. The second-order valence-corrected chi connectivity index (χ2v) is 9.40. The van der Waals surface area contributed by atoms with E-state index in [0.717, 1.165) is 12.8 Å². The topological polar surface area (TPSA) is 62.2 Å². The Morgan fingerprint density at radius 3 is 2.77 bits per heavy atom. The van der Waals surface area contributed by atoms with Crippen LogP contribution >= 0.6 is 11.6 Å². The SMILES string of the molecule is C=CC(=O)N1CCCC12CN(c1ncnc3c(F)c(-c4cccc5ccc(F)c(Cl)c45)ncc13)C2. The lowest BCUT2D eigenvalue weighted by molar-refractivity contribution is -0.130. The molecule has 6 rings (SSSR count). The first-order valence-corrected chi connectivity index (χ1v) is 11.7. The molecule has 0 saturated carbocycles. The van der Waals surface area contributed by atoms with Gasteiger partial charge in [-0.25, -0.2) is 18.7 Å². The summed E-state index contributed by atoms with van der Waals surface area (Å²) in [6, 6.07) is 8.08. The Labute approximate surface area is 204 Å². The smallest absolute Gasteiger partial charge is 0.246 e. The number of hydrogen-bond acceptors (Lipinski definition) is 5. The number of rotatable bonds is 3. The predicted molar refractivity (Wildman–Crippen MR) is 131 cm³/mol. The van der Waals surface area contributed by atoms with E-state index < -0.39 is 11.6 Å². The highest BCUT2D eigenvalue weighted by Gasteiger charge is 2.52. The number of nitrogens with zero attached hydrogens (tertiary/aromatic N) is 5. The summed E-state index contributed by atoms with van der Waals surface area (Å²) in [6.07, 6.45) is 6.06. The maximum absolute atomic E-state index is 15.8. The van der Waals surface area contributed by atoms with E-state index in [2.05, 4.69) is 21.5 Å². The third kappa shape index (κ3) is 3.20. The molecule has 35 heavy (non-hydrogen) atoms. The van der Waals surface area contributed by atoms with Crippen LogP contribution in [0, 0.1) is 11.6 Å². The number of anilines is 1. The van der Waals surface area contributed by atoms with Crippen molar-refractivity contribution in [2.75, 3.05) is 24.5 Å². The van der Waals surface area contributed by atoms with Crippen LogP contribution < -0.4 is 4.90 Å². The number of carbonyl (C=O) groups is 1. The van der Waals surface area contributed by atoms with Crippen molar-refractivity contribution in [1.29, 1.82) is 0 Å². The Morgan fingerprint density at radius 2 is 1.97 bits per heavy atom. The Hall–Kier alpha value is -3.65. The zero-order chi connectivity index (χ0) is 24.3. The van der Waals surface area contributed by atoms with E-state index in [0.29, 0.717) is 47.2 Å². The van der Waals surface area contributed by atoms with Gasteiger partial charge in [-0.15, -0.1) is 0 Å². The van der Waals surface area contributed by atoms with Crippen LogP contribution in [0.5, 0.6) is 0 Å². The summed E-state index contributed by atoms with van der Waals surface area (Å²) >= 11 is 6.26. The lowest BCUT2D eigenvalue weighted by Crippen LogP contribution is -2.69. The molecular weight excluding hydrogens is 472 g/mol.